The summed E-state index contributed by atoms with van der Waals surface area (Å²) in [5.74, 6) is 2.15. The summed E-state index contributed by atoms with van der Waals surface area (Å²) in [5, 5.41) is 3.42. The van der Waals surface area contributed by atoms with Crippen molar-refractivity contribution in [3.63, 3.8) is 0 Å². The molecule has 1 aliphatic carbocycles. The molecule has 1 aliphatic heterocycles. The minimum absolute atomic E-state index is 0.318. The number of hydrogen-bond donors (Lipinski definition) is 1. The molecule has 6 nitrogen and oxygen atoms in total. The predicted octanol–water partition coefficient (Wildman–Crippen LogP) is 3.05. The maximum Gasteiger partial charge on any atom is 0.223 e. The number of rotatable bonds is 5. The number of pyridine rings is 1. The SMILES string of the molecule is Cc1cc(NC[C@@H]2CC(=O)N(C3CCCC3)C2)nc(-c2cccnc2)n1. The summed E-state index contributed by atoms with van der Waals surface area (Å²) in [5.41, 5.74) is 1.82. The minimum atomic E-state index is 0.318. The van der Waals surface area contributed by atoms with Crippen molar-refractivity contribution in [3.05, 3.63) is 36.3 Å². The molecule has 0 spiro atoms. The lowest BCUT2D eigenvalue weighted by molar-refractivity contribution is -0.129. The van der Waals surface area contributed by atoms with Crippen LogP contribution in [0.25, 0.3) is 11.4 Å². The van der Waals surface area contributed by atoms with Crippen LogP contribution in [0, 0.1) is 12.8 Å². The van der Waals surface area contributed by atoms with Crippen molar-refractivity contribution in [1.82, 2.24) is 19.9 Å². The van der Waals surface area contributed by atoms with Gasteiger partial charge in [-0.05, 0) is 31.9 Å². The van der Waals surface area contributed by atoms with Gasteiger partial charge in [-0.25, -0.2) is 9.97 Å². The van der Waals surface area contributed by atoms with Crippen molar-refractivity contribution in [2.45, 2.75) is 45.1 Å². The van der Waals surface area contributed by atoms with Crippen LogP contribution in [0.3, 0.4) is 0 Å². The van der Waals surface area contributed by atoms with E-state index in [1.165, 1.54) is 25.7 Å². The van der Waals surface area contributed by atoms with Crippen molar-refractivity contribution >= 4 is 11.7 Å². The number of nitrogens with zero attached hydrogens (tertiary/aromatic N) is 4. The fourth-order valence-corrected chi connectivity index (χ4v) is 4.05. The third-order valence-corrected chi connectivity index (χ3v) is 5.35. The Labute approximate surface area is 154 Å². The van der Waals surface area contributed by atoms with Gasteiger partial charge in [0.2, 0.25) is 5.91 Å². The molecule has 0 radical (unpaired) electrons. The van der Waals surface area contributed by atoms with Crippen molar-refractivity contribution < 1.29 is 4.79 Å². The molecule has 6 heteroatoms. The highest BCUT2D eigenvalue weighted by atomic mass is 16.2. The number of aryl methyl sites for hydroxylation is 1. The van der Waals surface area contributed by atoms with Gasteiger partial charge < -0.3 is 10.2 Å². The first-order chi connectivity index (χ1) is 12.7. The Kier molecular flexibility index (Phi) is 4.82. The molecule has 2 aromatic heterocycles. The van der Waals surface area contributed by atoms with Gasteiger partial charge in [0, 0.05) is 61.2 Å². The Morgan fingerprint density at radius 2 is 2.12 bits per heavy atom. The molecular weight excluding hydrogens is 326 g/mol. The fourth-order valence-electron chi connectivity index (χ4n) is 4.05. The van der Waals surface area contributed by atoms with Crippen LogP contribution in [0.15, 0.2) is 30.6 Å². The third-order valence-electron chi connectivity index (χ3n) is 5.35. The second kappa shape index (κ2) is 7.40. The molecular formula is C20H25N5O. The summed E-state index contributed by atoms with van der Waals surface area (Å²) in [4.78, 5) is 27.7. The molecule has 2 aliphatic rings. The van der Waals surface area contributed by atoms with E-state index in [1.54, 1.807) is 12.4 Å². The summed E-state index contributed by atoms with van der Waals surface area (Å²) in [6.07, 6.45) is 9.02. The largest absolute Gasteiger partial charge is 0.370 e. The lowest BCUT2D eigenvalue weighted by Crippen LogP contribution is -2.34. The van der Waals surface area contributed by atoms with E-state index in [-0.39, 0.29) is 0 Å². The number of likely N-dealkylation sites (tertiary alicyclic amines) is 1. The fraction of sp³-hybridized carbons (Fsp3) is 0.500. The molecule has 3 heterocycles. The number of amides is 1. The maximum atomic E-state index is 12.3. The highest BCUT2D eigenvalue weighted by Crippen LogP contribution is 2.29. The van der Waals surface area contributed by atoms with Gasteiger partial charge in [-0.15, -0.1) is 0 Å². The van der Waals surface area contributed by atoms with E-state index in [9.17, 15) is 4.79 Å². The van der Waals surface area contributed by atoms with Crippen LogP contribution in [0.4, 0.5) is 5.82 Å². The van der Waals surface area contributed by atoms with Crippen LogP contribution in [0.5, 0.6) is 0 Å². The molecule has 1 saturated carbocycles. The Morgan fingerprint density at radius 3 is 2.88 bits per heavy atom. The molecule has 136 valence electrons. The molecule has 1 atom stereocenters. The van der Waals surface area contributed by atoms with E-state index >= 15 is 0 Å². The van der Waals surface area contributed by atoms with Gasteiger partial charge in [-0.3, -0.25) is 9.78 Å². The van der Waals surface area contributed by atoms with Gasteiger partial charge in [0.05, 0.1) is 0 Å². The van der Waals surface area contributed by atoms with Crippen LogP contribution in [-0.4, -0.2) is 44.9 Å². The van der Waals surface area contributed by atoms with Crippen LogP contribution >= 0.6 is 0 Å². The smallest absolute Gasteiger partial charge is 0.223 e. The molecule has 1 N–H and O–H groups in total. The van der Waals surface area contributed by atoms with Crippen LogP contribution in [0.2, 0.25) is 0 Å². The van der Waals surface area contributed by atoms with Gasteiger partial charge in [-0.1, -0.05) is 12.8 Å². The molecule has 1 saturated heterocycles. The highest BCUT2D eigenvalue weighted by molar-refractivity contribution is 5.79. The maximum absolute atomic E-state index is 12.3. The molecule has 0 bridgehead atoms. The zero-order valence-electron chi connectivity index (χ0n) is 15.2. The van der Waals surface area contributed by atoms with E-state index in [2.05, 4.69) is 25.2 Å². The molecule has 2 fully saturated rings. The number of carbonyl (C=O) groups excluding carboxylic acids is 1. The molecule has 2 aromatic rings. The van der Waals surface area contributed by atoms with E-state index < -0.39 is 0 Å². The third kappa shape index (κ3) is 3.69. The number of nitrogens with one attached hydrogen (secondary N) is 1. The minimum Gasteiger partial charge on any atom is -0.370 e. The Morgan fingerprint density at radius 1 is 1.27 bits per heavy atom. The highest BCUT2D eigenvalue weighted by Gasteiger charge is 2.35. The van der Waals surface area contributed by atoms with E-state index in [0.29, 0.717) is 30.1 Å². The summed E-state index contributed by atoms with van der Waals surface area (Å²) >= 11 is 0. The van der Waals surface area contributed by atoms with Crippen LogP contribution in [-0.2, 0) is 4.79 Å². The summed E-state index contributed by atoms with van der Waals surface area (Å²) < 4.78 is 0. The lowest BCUT2D eigenvalue weighted by atomic mass is 10.1. The molecule has 0 unspecified atom stereocenters. The molecule has 0 aromatic carbocycles. The Hall–Kier alpha value is -2.50. The number of hydrogen-bond acceptors (Lipinski definition) is 5. The normalized spacial score (nSPS) is 20.7. The summed E-state index contributed by atoms with van der Waals surface area (Å²) in [6, 6.07) is 6.27. The van der Waals surface area contributed by atoms with Crippen molar-refractivity contribution in [2.24, 2.45) is 5.92 Å². The Balaban J connectivity index is 1.40. The first kappa shape index (κ1) is 16.9. The van der Waals surface area contributed by atoms with Crippen LogP contribution < -0.4 is 5.32 Å². The zero-order chi connectivity index (χ0) is 17.9. The van der Waals surface area contributed by atoms with Gasteiger partial charge >= 0.3 is 0 Å². The molecule has 26 heavy (non-hydrogen) atoms. The van der Waals surface area contributed by atoms with E-state index in [4.69, 9.17) is 0 Å². The predicted molar refractivity (Wildman–Crippen MR) is 101 cm³/mol. The standard InChI is InChI=1S/C20H25N5O/c1-14-9-18(24-20(23-14)16-5-4-8-21-12-16)22-11-15-10-19(26)25(13-15)17-6-2-3-7-17/h4-5,8-9,12,15,17H,2-3,6-7,10-11,13H2,1H3,(H,22,23,24)/t15-/m0/s1. The lowest BCUT2D eigenvalue weighted by Gasteiger charge is -2.24. The van der Waals surface area contributed by atoms with Gasteiger partial charge in [0.25, 0.3) is 0 Å². The monoisotopic (exact) mass is 351 g/mol. The van der Waals surface area contributed by atoms with E-state index in [1.807, 2.05) is 25.1 Å². The van der Waals surface area contributed by atoms with Crippen molar-refractivity contribution in [3.8, 4) is 11.4 Å². The van der Waals surface area contributed by atoms with Crippen molar-refractivity contribution in [2.75, 3.05) is 18.4 Å². The second-order valence-corrected chi connectivity index (χ2v) is 7.40. The zero-order valence-corrected chi connectivity index (χ0v) is 15.2. The number of anilines is 1. The number of carbonyl (C=O) groups is 1. The van der Waals surface area contributed by atoms with Gasteiger partial charge in [0.1, 0.15) is 5.82 Å². The molecule has 1 amide bonds. The van der Waals surface area contributed by atoms with Gasteiger partial charge in [0.15, 0.2) is 5.82 Å². The first-order valence-corrected chi connectivity index (χ1v) is 9.48. The quantitative estimate of drug-likeness (QED) is 0.896. The summed E-state index contributed by atoms with van der Waals surface area (Å²) in [6.45, 7) is 3.60. The topological polar surface area (TPSA) is 71.0 Å². The molecule has 4 rings (SSSR count). The summed E-state index contributed by atoms with van der Waals surface area (Å²) in [7, 11) is 0. The average molecular weight is 351 g/mol. The van der Waals surface area contributed by atoms with Crippen molar-refractivity contribution in [1.29, 1.82) is 0 Å². The average Bonchev–Trinajstić information content (AvgIpc) is 3.30. The first-order valence-electron chi connectivity index (χ1n) is 9.48. The second-order valence-electron chi connectivity index (χ2n) is 7.40. The van der Waals surface area contributed by atoms with Gasteiger partial charge in [-0.2, -0.15) is 0 Å². The van der Waals surface area contributed by atoms with Crippen LogP contribution in [0.1, 0.15) is 37.8 Å². The Bertz CT molecular complexity index is 773. The number of aromatic nitrogens is 3. The van der Waals surface area contributed by atoms with E-state index in [0.717, 1.165) is 30.2 Å².